The summed E-state index contributed by atoms with van der Waals surface area (Å²) in [5, 5.41) is 10.7. The van der Waals surface area contributed by atoms with Gasteiger partial charge in [0.1, 0.15) is 5.15 Å². The average Bonchev–Trinajstić information content (AvgIpc) is 2.37. The van der Waals surface area contributed by atoms with E-state index >= 15 is 0 Å². The molecule has 0 aliphatic rings. The zero-order valence-corrected chi connectivity index (χ0v) is 10.3. The van der Waals surface area contributed by atoms with Crippen molar-refractivity contribution in [2.75, 3.05) is 0 Å². The first-order valence-corrected chi connectivity index (χ1v) is 5.51. The Morgan fingerprint density at radius 1 is 1.25 bits per heavy atom. The molecule has 9 heteroatoms. The summed E-state index contributed by atoms with van der Waals surface area (Å²) in [7, 11) is 0. The van der Waals surface area contributed by atoms with E-state index in [0.717, 1.165) is 30.6 Å². The van der Waals surface area contributed by atoms with E-state index in [4.69, 9.17) is 11.6 Å². The largest absolute Gasteiger partial charge is 0.417 e. The number of pyridine rings is 2. The predicted molar refractivity (Wildman–Crippen MR) is 64.1 cm³/mol. The molecule has 0 saturated heterocycles. The van der Waals surface area contributed by atoms with Gasteiger partial charge in [0, 0.05) is 24.0 Å². The molecule has 0 aromatic carbocycles. The molecule has 20 heavy (non-hydrogen) atoms. The van der Waals surface area contributed by atoms with Gasteiger partial charge in [-0.25, -0.2) is 4.98 Å². The summed E-state index contributed by atoms with van der Waals surface area (Å²) >= 11 is 5.60. The highest BCUT2D eigenvalue weighted by Crippen LogP contribution is 2.39. The van der Waals surface area contributed by atoms with Gasteiger partial charge < -0.3 is 0 Å². The molecule has 0 radical (unpaired) electrons. The van der Waals surface area contributed by atoms with E-state index in [1.807, 2.05) is 0 Å². The maximum absolute atomic E-state index is 12.9. The lowest BCUT2D eigenvalue weighted by molar-refractivity contribution is -0.384. The van der Waals surface area contributed by atoms with Gasteiger partial charge in [-0.05, 0) is 12.1 Å². The van der Waals surface area contributed by atoms with Gasteiger partial charge in [0.2, 0.25) is 0 Å². The molecule has 0 amide bonds. The molecular weight excluding hydrogens is 299 g/mol. The van der Waals surface area contributed by atoms with Crippen molar-refractivity contribution in [2.24, 2.45) is 0 Å². The van der Waals surface area contributed by atoms with E-state index in [2.05, 4.69) is 9.97 Å². The molecule has 0 unspecified atom stereocenters. The third kappa shape index (κ3) is 2.69. The minimum absolute atomic E-state index is 0.150. The van der Waals surface area contributed by atoms with Crippen molar-refractivity contribution in [1.29, 1.82) is 0 Å². The standard InChI is InChI=1S/C11H5ClF3N3O2/c12-9-2-1-8(18(19)20)10(17-9)6-5-16-4-3-7(6)11(13,14)15/h1-5H. The minimum Gasteiger partial charge on any atom is -0.264 e. The first kappa shape index (κ1) is 14.2. The fourth-order valence-electron chi connectivity index (χ4n) is 1.60. The molecule has 2 rings (SSSR count). The van der Waals surface area contributed by atoms with Crippen molar-refractivity contribution in [3.63, 3.8) is 0 Å². The van der Waals surface area contributed by atoms with E-state index in [1.165, 1.54) is 0 Å². The highest BCUT2D eigenvalue weighted by Gasteiger charge is 2.35. The Balaban J connectivity index is 2.75. The monoisotopic (exact) mass is 303 g/mol. The average molecular weight is 304 g/mol. The summed E-state index contributed by atoms with van der Waals surface area (Å²) < 4.78 is 38.7. The van der Waals surface area contributed by atoms with Crippen LogP contribution in [0.2, 0.25) is 5.15 Å². The van der Waals surface area contributed by atoms with Crippen LogP contribution < -0.4 is 0 Å². The van der Waals surface area contributed by atoms with Crippen LogP contribution in [0.1, 0.15) is 5.56 Å². The fourth-order valence-corrected chi connectivity index (χ4v) is 1.75. The Morgan fingerprint density at radius 3 is 2.55 bits per heavy atom. The van der Waals surface area contributed by atoms with Crippen LogP contribution in [0, 0.1) is 10.1 Å². The van der Waals surface area contributed by atoms with Crippen LogP contribution in [-0.2, 0) is 6.18 Å². The van der Waals surface area contributed by atoms with Crippen LogP contribution in [0.15, 0.2) is 30.6 Å². The summed E-state index contributed by atoms with van der Waals surface area (Å²) in [6.07, 6.45) is -2.87. The van der Waals surface area contributed by atoms with Crippen molar-refractivity contribution in [3.8, 4) is 11.3 Å². The van der Waals surface area contributed by atoms with E-state index in [1.54, 1.807) is 0 Å². The van der Waals surface area contributed by atoms with Crippen LogP contribution in [0.4, 0.5) is 18.9 Å². The summed E-state index contributed by atoms with van der Waals surface area (Å²) in [5.74, 6) is 0. The lowest BCUT2D eigenvalue weighted by Crippen LogP contribution is -2.08. The lowest BCUT2D eigenvalue weighted by Gasteiger charge is -2.11. The molecule has 0 aliphatic carbocycles. The number of nitro groups is 1. The quantitative estimate of drug-likeness (QED) is 0.481. The molecule has 0 N–H and O–H groups in total. The summed E-state index contributed by atoms with van der Waals surface area (Å²) in [5.41, 5.74) is -2.60. The normalized spacial score (nSPS) is 11.4. The lowest BCUT2D eigenvalue weighted by atomic mass is 10.1. The first-order chi connectivity index (χ1) is 9.30. The van der Waals surface area contributed by atoms with Crippen molar-refractivity contribution < 1.29 is 18.1 Å². The Labute approximate surface area is 115 Å². The molecule has 0 saturated carbocycles. The smallest absolute Gasteiger partial charge is 0.264 e. The van der Waals surface area contributed by atoms with E-state index < -0.39 is 33.6 Å². The molecule has 5 nitrogen and oxygen atoms in total. The molecule has 0 bridgehead atoms. The molecule has 104 valence electrons. The first-order valence-electron chi connectivity index (χ1n) is 5.13. The topological polar surface area (TPSA) is 68.9 Å². The summed E-state index contributed by atoms with van der Waals surface area (Å²) in [4.78, 5) is 17.2. The van der Waals surface area contributed by atoms with Crippen LogP contribution in [0.5, 0.6) is 0 Å². The highest BCUT2D eigenvalue weighted by molar-refractivity contribution is 6.29. The van der Waals surface area contributed by atoms with Crippen molar-refractivity contribution in [2.45, 2.75) is 6.18 Å². The number of rotatable bonds is 2. The molecule has 0 spiro atoms. The van der Waals surface area contributed by atoms with E-state index in [9.17, 15) is 23.3 Å². The SMILES string of the molecule is O=[N+]([O-])c1ccc(Cl)nc1-c1cnccc1C(F)(F)F. The second kappa shape index (κ2) is 5.04. The zero-order valence-electron chi connectivity index (χ0n) is 9.56. The van der Waals surface area contributed by atoms with Crippen LogP contribution in [0.25, 0.3) is 11.3 Å². The van der Waals surface area contributed by atoms with Gasteiger partial charge in [0.15, 0.2) is 5.69 Å². The molecule has 0 aliphatic heterocycles. The number of hydrogen-bond donors (Lipinski definition) is 0. The second-order valence-electron chi connectivity index (χ2n) is 3.68. The zero-order chi connectivity index (χ0) is 14.9. The van der Waals surface area contributed by atoms with Crippen molar-refractivity contribution >= 4 is 17.3 Å². The number of hydrogen-bond acceptors (Lipinski definition) is 4. The van der Waals surface area contributed by atoms with Gasteiger partial charge in [-0.15, -0.1) is 0 Å². The summed E-state index contributed by atoms with van der Waals surface area (Å²) in [6, 6.07) is 2.85. The Kier molecular flexibility index (Phi) is 3.58. The van der Waals surface area contributed by atoms with Gasteiger partial charge >= 0.3 is 6.18 Å². The third-order valence-electron chi connectivity index (χ3n) is 2.42. The van der Waals surface area contributed by atoms with Gasteiger partial charge in [-0.3, -0.25) is 15.1 Å². The van der Waals surface area contributed by atoms with Crippen LogP contribution >= 0.6 is 11.6 Å². The van der Waals surface area contributed by atoms with Crippen LogP contribution in [-0.4, -0.2) is 14.9 Å². The molecule has 2 aromatic heterocycles. The van der Waals surface area contributed by atoms with E-state index in [-0.39, 0.29) is 5.15 Å². The molecule has 0 atom stereocenters. The Hall–Kier alpha value is -2.22. The van der Waals surface area contributed by atoms with Crippen molar-refractivity contribution in [1.82, 2.24) is 9.97 Å². The number of aromatic nitrogens is 2. The van der Waals surface area contributed by atoms with Crippen LogP contribution in [0.3, 0.4) is 0 Å². The molecular formula is C11H5ClF3N3O2. The predicted octanol–water partition coefficient (Wildman–Crippen LogP) is 3.72. The third-order valence-corrected chi connectivity index (χ3v) is 2.63. The van der Waals surface area contributed by atoms with Gasteiger partial charge in [0.25, 0.3) is 5.69 Å². The van der Waals surface area contributed by atoms with E-state index in [0.29, 0.717) is 0 Å². The number of halogens is 4. The van der Waals surface area contributed by atoms with Gasteiger partial charge in [-0.1, -0.05) is 11.6 Å². The molecule has 2 aromatic rings. The fraction of sp³-hybridized carbons (Fsp3) is 0.0909. The second-order valence-corrected chi connectivity index (χ2v) is 4.07. The number of alkyl halides is 3. The van der Waals surface area contributed by atoms with Gasteiger partial charge in [-0.2, -0.15) is 13.2 Å². The Morgan fingerprint density at radius 2 is 1.95 bits per heavy atom. The maximum atomic E-state index is 12.9. The van der Waals surface area contributed by atoms with Crippen molar-refractivity contribution in [3.05, 3.63) is 51.4 Å². The Bertz CT molecular complexity index is 676. The summed E-state index contributed by atoms with van der Waals surface area (Å²) in [6.45, 7) is 0. The van der Waals surface area contributed by atoms with Gasteiger partial charge in [0.05, 0.1) is 10.5 Å². The maximum Gasteiger partial charge on any atom is 0.417 e. The minimum atomic E-state index is -4.68. The highest BCUT2D eigenvalue weighted by atomic mass is 35.5. The molecule has 2 heterocycles. The number of nitrogens with zero attached hydrogens (tertiary/aromatic N) is 3. The molecule has 0 fully saturated rings.